The molecule has 0 aliphatic rings. The van der Waals surface area contributed by atoms with Crippen LogP contribution in [0, 0.1) is 0 Å². The lowest BCUT2D eigenvalue weighted by Crippen LogP contribution is -2.48. The van der Waals surface area contributed by atoms with E-state index in [2.05, 4.69) is 36.6 Å². The number of carboxylic acid groups (broad SMARTS) is 1. The average molecular weight is 440 g/mol. The minimum Gasteiger partial charge on any atom is -0.480 e. The summed E-state index contributed by atoms with van der Waals surface area (Å²) < 4.78 is 0. The van der Waals surface area contributed by atoms with Crippen molar-refractivity contribution in [2.45, 2.75) is 12.5 Å². The van der Waals surface area contributed by atoms with Crippen molar-refractivity contribution in [3.63, 3.8) is 0 Å². The summed E-state index contributed by atoms with van der Waals surface area (Å²) in [7, 11) is 0. The van der Waals surface area contributed by atoms with E-state index in [-0.39, 0.29) is 19.5 Å². The summed E-state index contributed by atoms with van der Waals surface area (Å²) in [6, 6.07) is -1.22. The summed E-state index contributed by atoms with van der Waals surface area (Å²) in [5, 5.41) is 20.3. The number of aromatic amines is 1. The van der Waals surface area contributed by atoms with Crippen LogP contribution in [-0.2, 0) is 35.2 Å². The molecule has 0 saturated carbocycles. The van der Waals surface area contributed by atoms with Gasteiger partial charge in [-0.3, -0.25) is 24.0 Å². The van der Waals surface area contributed by atoms with Gasteiger partial charge < -0.3 is 42.4 Å². The van der Waals surface area contributed by atoms with Crippen LogP contribution in [0.25, 0.3) is 0 Å². The topological polar surface area (TPSA) is 237 Å². The summed E-state index contributed by atoms with van der Waals surface area (Å²) in [6.07, 6.45) is 2.77. The predicted molar refractivity (Wildman–Crippen MR) is 103 cm³/mol. The van der Waals surface area contributed by atoms with E-state index in [1.807, 2.05) is 0 Å². The first-order valence-corrected chi connectivity index (χ1v) is 8.97. The van der Waals surface area contributed by atoms with Crippen molar-refractivity contribution in [3.05, 3.63) is 18.2 Å². The van der Waals surface area contributed by atoms with E-state index in [0.717, 1.165) is 0 Å². The summed E-state index contributed by atoms with van der Waals surface area (Å²) >= 11 is 0. The Morgan fingerprint density at radius 1 is 0.871 bits per heavy atom. The van der Waals surface area contributed by atoms with Gasteiger partial charge in [-0.1, -0.05) is 0 Å². The van der Waals surface area contributed by atoms with Gasteiger partial charge in [0.05, 0.1) is 39.1 Å². The first-order chi connectivity index (χ1) is 14.7. The van der Waals surface area contributed by atoms with Crippen LogP contribution in [0.2, 0.25) is 0 Å². The van der Waals surface area contributed by atoms with Gasteiger partial charge in [0.2, 0.25) is 29.5 Å². The van der Waals surface area contributed by atoms with E-state index in [0.29, 0.717) is 5.69 Å². The number of rotatable bonds is 13. The Hall–Kier alpha value is -4.01. The number of nitrogens with one attached hydrogen (secondary N) is 6. The van der Waals surface area contributed by atoms with E-state index >= 15 is 0 Å². The number of nitrogens with zero attached hydrogens (tertiary/aromatic N) is 1. The SMILES string of the molecule is NCC(=O)NCC(=O)NCC(=O)NCC(=O)NCC(=O)N[C@@H](Cc1cnc[nH]1)C(=O)O. The highest BCUT2D eigenvalue weighted by atomic mass is 16.4. The molecule has 0 aliphatic carbocycles. The zero-order chi connectivity index (χ0) is 23.2. The number of carboxylic acids is 1. The molecule has 0 unspecified atom stereocenters. The van der Waals surface area contributed by atoms with E-state index in [1.54, 1.807) is 0 Å². The number of carbonyl (C=O) groups excluding carboxylic acids is 5. The number of amides is 5. The smallest absolute Gasteiger partial charge is 0.326 e. The highest BCUT2D eigenvalue weighted by Crippen LogP contribution is 1.98. The fraction of sp³-hybridized carbons (Fsp3) is 0.438. The molecule has 1 heterocycles. The van der Waals surface area contributed by atoms with Gasteiger partial charge in [-0.05, 0) is 0 Å². The van der Waals surface area contributed by atoms with E-state index in [9.17, 15) is 28.8 Å². The Labute approximate surface area is 175 Å². The average Bonchev–Trinajstić information content (AvgIpc) is 3.25. The number of aliphatic carboxylic acids is 1. The zero-order valence-corrected chi connectivity index (χ0v) is 16.4. The minimum absolute atomic E-state index is 0.0211. The van der Waals surface area contributed by atoms with E-state index < -0.39 is 61.2 Å². The van der Waals surface area contributed by atoms with Gasteiger partial charge in [0.25, 0.3) is 0 Å². The molecule has 0 radical (unpaired) electrons. The molecule has 31 heavy (non-hydrogen) atoms. The first kappa shape index (κ1) is 25.0. The van der Waals surface area contributed by atoms with Crippen molar-refractivity contribution in [2.24, 2.45) is 5.73 Å². The van der Waals surface area contributed by atoms with Crippen molar-refractivity contribution in [2.75, 3.05) is 32.7 Å². The van der Waals surface area contributed by atoms with Crippen LogP contribution in [0.1, 0.15) is 5.69 Å². The number of aromatic nitrogens is 2. The van der Waals surface area contributed by atoms with Crippen LogP contribution in [0.4, 0.5) is 0 Å². The normalized spacial score (nSPS) is 11.0. The highest BCUT2D eigenvalue weighted by molar-refractivity contribution is 5.91. The Kier molecular flexibility index (Phi) is 10.7. The fourth-order valence-electron chi connectivity index (χ4n) is 2.04. The van der Waals surface area contributed by atoms with Crippen molar-refractivity contribution in [3.8, 4) is 0 Å². The number of hydrogen-bond donors (Lipinski definition) is 8. The molecule has 9 N–H and O–H groups in total. The zero-order valence-electron chi connectivity index (χ0n) is 16.4. The summed E-state index contributed by atoms with van der Waals surface area (Å²) in [5.74, 6) is -4.53. The van der Waals surface area contributed by atoms with Gasteiger partial charge >= 0.3 is 5.97 Å². The molecule has 1 rings (SSSR count). The first-order valence-electron chi connectivity index (χ1n) is 8.97. The Morgan fingerprint density at radius 2 is 1.35 bits per heavy atom. The molecule has 1 aromatic rings. The standard InChI is InChI=1S/C16H24N8O7/c17-2-11(25)19-4-12(26)20-5-13(27)21-6-14(28)22-7-15(29)24-10(16(30)31)1-9-3-18-8-23-9/h3,8,10H,1-2,4-7,17H2,(H,18,23)(H,19,25)(H,20,26)(H,21,27)(H,22,28)(H,24,29)(H,30,31)/t10-/m0/s1. The summed E-state index contributed by atoms with van der Waals surface area (Å²) in [4.78, 5) is 75.1. The molecule has 0 bridgehead atoms. The highest BCUT2D eigenvalue weighted by Gasteiger charge is 2.21. The molecule has 1 atom stereocenters. The Bertz CT molecular complexity index is 796. The quantitative estimate of drug-likeness (QED) is 0.146. The van der Waals surface area contributed by atoms with Crippen molar-refractivity contribution < 1.29 is 33.9 Å². The Balaban J connectivity index is 2.24. The molecule has 0 spiro atoms. The maximum Gasteiger partial charge on any atom is 0.326 e. The number of carbonyl (C=O) groups is 6. The molecule has 15 nitrogen and oxygen atoms in total. The molecule has 15 heteroatoms. The lowest BCUT2D eigenvalue weighted by molar-refractivity contribution is -0.141. The van der Waals surface area contributed by atoms with Crippen molar-refractivity contribution in [1.82, 2.24) is 36.6 Å². The third kappa shape index (κ3) is 10.9. The summed E-state index contributed by atoms with van der Waals surface area (Å²) in [6.45, 7) is -2.03. The largest absolute Gasteiger partial charge is 0.480 e. The van der Waals surface area contributed by atoms with Gasteiger partial charge in [0.1, 0.15) is 6.04 Å². The van der Waals surface area contributed by atoms with Crippen LogP contribution < -0.4 is 32.3 Å². The van der Waals surface area contributed by atoms with Crippen LogP contribution in [0.15, 0.2) is 12.5 Å². The van der Waals surface area contributed by atoms with Crippen molar-refractivity contribution in [1.29, 1.82) is 0 Å². The van der Waals surface area contributed by atoms with Gasteiger partial charge in [-0.25, -0.2) is 9.78 Å². The number of imidazole rings is 1. The lowest BCUT2D eigenvalue weighted by Gasteiger charge is -2.14. The second-order valence-corrected chi connectivity index (χ2v) is 6.05. The second-order valence-electron chi connectivity index (χ2n) is 6.05. The monoisotopic (exact) mass is 440 g/mol. The molecule has 0 aromatic carbocycles. The Morgan fingerprint density at radius 3 is 1.77 bits per heavy atom. The predicted octanol–water partition coefficient (Wildman–Crippen LogP) is -5.05. The molecule has 5 amide bonds. The van der Waals surface area contributed by atoms with Gasteiger partial charge in [-0.15, -0.1) is 0 Å². The van der Waals surface area contributed by atoms with E-state index in [1.165, 1.54) is 12.5 Å². The van der Waals surface area contributed by atoms with Crippen molar-refractivity contribution >= 4 is 35.5 Å². The van der Waals surface area contributed by atoms with E-state index in [4.69, 9.17) is 10.8 Å². The van der Waals surface area contributed by atoms with Gasteiger partial charge in [0.15, 0.2) is 0 Å². The van der Waals surface area contributed by atoms with Crippen LogP contribution in [0.3, 0.4) is 0 Å². The van der Waals surface area contributed by atoms with Crippen LogP contribution in [0.5, 0.6) is 0 Å². The molecular weight excluding hydrogens is 416 g/mol. The lowest BCUT2D eigenvalue weighted by atomic mass is 10.1. The van der Waals surface area contributed by atoms with Gasteiger partial charge in [0, 0.05) is 18.3 Å². The molecule has 0 saturated heterocycles. The second kappa shape index (κ2) is 13.3. The van der Waals surface area contributed by atoms with Crippen LogP contribution in [-0.4, -0.2) is 89.3 Å². The minimum atomic E-state index is -1.26. The molecular formula is C16H24N8O7. The maximum atomic E-state index is 11.9. The molecule has 0 fully saturated rings. The third-order valence-corrected chi connectivity index (χ3v) is 3.58. The van der Waals surface area contributed by atoms with Crippen LogP contribution >= 0.6 is 0 Å². The fourth-order valence-corrected chi connectivity index (χ4v) is 2.04. The third-order valence-electron chi connectivity index (χ3n) is 3.58. The molecule has 0 aliphatic heterocycles. The number of nitrogens with two attached hydrogens (primary N) is 1. The molecule has 1 aromatic heterocycles. The number of hydrogen-bond acceptors (Lipinski definition) is 8. The maximum absolute atomic E-state index is 11.9. The van der Waals surface area contributed by atoms with Gasteiger partial charge in [-0.2, -0.15) is 0 Å². The number of H-pyrrole nitrogens is 1. The molecule has 170 valence electrons. The summed E-state index contributed by atoms with van der Waals surface area (Å²) in [5.41, 5.74) is 5.56.